The summed E-state index contributed by atoms with van der Waals surface area (Å²) in [5.74, 6) is 0. The summed E-state index contributed by atoms with van der Waals surface area (Å²) >= 11 is 0. The van der Waals surface area contributed by atoms with E-state index in [2.05, 4.69) is 0 Å². The van der Waals surface area contributed by atoms with Crippen LogP contribution >= 0.6 is 0 Å². The molecule has 0 atom stereocenters. The van der Waals surface area contributed by atoms with E-state index in [0.29, 0.717) is 0 Å². The molecule has 0 unspecified atom stereocenters. The molecular weight excluding hydrogens is 174 g/mol. The summed E-state index contributed by atoms with van der Waals surface area (Å²) in [5.41, 5.74) is 0. The van der Waals surface area contributed by atoms with Crippen molar-refractivity contribution in [1.29, 1.82) is 0 Å². The van der Waals surface area contributed by atoms with Crippen LogP contribution < -0.4 is 0 Å². The maximum absolute atomic E-state index is 0. The molecule has 0 N–H and O–H groups in total. The van der Waals surface area contributed by atoms with Crippen molar-refractivity contribution in [3.63, 3.8) is 0 Å². The minimum Gasteiger partial charge on any atom is 0 e. The first-order valence-corrected chi connectivity index (χ1v) is 0. The molecule has 0 saturated carbocycles. The monoisotopic (exact) mass is 179 g/mol. The van der Waals surface area contributed by atoms with E-state index in [1.807, 2.05) is 0 Å². The molecule has 0 saturated heterocycles. The first-order valence-electron chi connectivity index (χ1n) is 0. The third-order valence-electron chi connectivity index (χ3n) is 0. The fourth-order valence-electron chi connectivity index (χ4n) is 0. The zero-order chi connectivity index (χ0) is 0. The smallest absolute Gasteiger partial charge is 0 e. The zero-order valence-corrected chi connectivity index (χ0v) is 3.30. The maximum atomic E-state index is 0. The van der Waals surface area contributed by atoms with Crippen LogP contribution in [0.3, 0.4) is 0 Å². The van der Waals surface area contributed by atoms with Gasteiger partial charge in [0, 0.05) is 35.6 Å². The molecule has 0 heterocycles. The van der Waals surface area contributed by atoms with Gasteiger partial charge in [-0.15, -0.1) is 0 Å². The van der Waals surface area contributed by atoms with E-state index in [4.69, 9.17) is 0 Å². The molecule has 0 bridgehead atoms. The van der Waals surface area contributed by atoms with Gasteiger partial charge in [0.15, 0.2) is 17.4 Å². The van der Waals surface area contributed by atoms with Crippen LogP contribution in [0.25, 0.3) is 0 Å². The number of hydrogen-bond acceptors (Lipinski definition) is 0. The van der Waals surface area contributed by atoms with Gasteiger partial charge in [-0.2, -0.15) is 0 Å². The predicted molar refractivity (Wildman–Crippen MR) is 18.5 cm³/mol. The van der Waals surface area contributed by atoms with Crippen LogP contribution in [-0.2, 0) is 35.6 Å². The van der Waals surface area contributed by atoms with E-state index >= 15 is 0 Å². The Kier molecular flexibility index (Phi) is 120. The van der Waals surface area contributed by atoms with Gasteiger partial charge in [0.1, 0.15) is 0 Å². The van der Waals surface area contributed by atoms with Crippen LogP contribution in [0.1, 0.15) is 0 Å². The number of rotatable bonds is 0. The third kappa shape index (κ3) is 8.86. The van der Waals surface area contributed by atoms with Gasteiger partial charge < -0.3 is 0 Å². The van der Waals surface area contributed by atoms with Crippen LogP contribution in [0, 0.1) is 0 Å². The summed E-state index contributed by atoms with van der Waals surface area (Å²) in [6.45, 7) is 0. The molecule has 0 aromatic rings. The maximum Gasteiger partial charge on any atom is 0 e. The van der Waals surface area contributed by atoms with Crippen molar-refractivity contribution in [2.24, 2.45) is 0 Å². The van der Waals surface area contributed by atoms with Crippen LogP contribution in [0.4, 0.5) is 0 Å². The molecule has 4 heteroatoms. The summed E-state index contributed by atoms with van der Waals surface area (Å²) in [6.07, 6.45) is 0. The van der Waals surface area contributed by atoms with Crippen molar-refractivity contribution in [2.75, 3.05) is 0 Å². The Hall–Kier alpha value is 2.90. The Labute approximate surface area is 89.0 Å². The first-order chi connectivity index (χ1) is 0. The summed E-state index contributed by atoms with van der Waals surface area (Å²) < 4.78 is 0. The van der Waals surface area contributed by atoms with Gasteiger partial charge >= 0.3 is 37.7 Å². The second kappa shape index (κ2) is 16.9. The van der Waals surface area contributed by atoms with E-state index in [-0.39, 0.29) is 90.7 Å². The summed E-state index contributed by atoms with van der Waals surface area (Å²) in [6, 6.07) is 0. The van der Waals surface area contributed by atoms with E-state index in [9.17, 15) is 0 Å². The van der Waals surface area contributed by atoms with Crippen molar-refractivity contribution >= 4 is 55.1 Å². The summed E-state index contributed by atoms with van der Waals surface area (Å²) in [5, 5.41) is 0. The van der Waals surface area contributed by atoms with E-state index in [0.717, 1.165) is 0 Å². The van der Waals surface area contributed by atoms with Gasteiger partial charge in [-0.05, 0) is 0 Å². The van der Waals surface area contributed by atoms with Crippen molar-refractivity contribution in [3.8, 4) is 0 Å². The average molecular weight is 179 g/mol. The quantitative estimate of drug-likeness (QED) is 0.373. The van der Waals surface area contributed by atoms with Crippen molar-refractivity contribution in [1.82, 2.24) is 0 Å². The molecule has 0 nitrogen and oxygen atoms in total. The molecule has 0 aliphatic rings. The van der Waals surface area contributed by atoms with E-state index in [1.54, 1.807) is 0 Å². The molecule has 0 amide bonds. The van der Waals surface area contributed by atoms with Crippen LogP contribution in [0.15, 0.2) is 0 Å². The Bertz CT molecular complexity index is 8.00. The van der Waals surface area contributed by atoms with E-state index < -0.39 is 0 Å². The van der Waals surface area contributed by atoms with Gasteiger partial charge in [-0.25, -0.2) is 0 Å². The topological polar surface area (TPSA) is 0 Å². The molecule has 4 heavy (non-hydrogen) atoms. The standard InChI is InChI=1S/Al.Ca.Fe.V.5H. The second-order valence-electron chi connectivity index (χ2n) is 0. The SMILES string of the molecule is [AlH3].[CaH2].[Fe].[V]. The Morgan fingerprint density at radius 1 is 1.00 bits per heavy atom. The normalized spacial score (nSPS) is 0. The zero-order valence-electron chi connectivity index (χ0n) is 0.801. The Balaban J connectivity index is 0. The summed E-state index contributed by atoms with van der Waals surface area (Å²) in [7, 11) is 0. The minimum absolute atomic E-state index is 0. The van der Waals surface area contributed by atoms with Crippen molar-refractivity contribution < 1.29 is 35.6 Å². The van der Waals surface area contributed by atoms with Crippen molar-refractivity contribution in [3.05, 3.63) is 0 Å². The van der Waals surface area contributed by atoms with Gasteiger partial charge in [0.05, 0.1) is 0 Å². The predicted octanol–water partition coefficient (Wildman–Crippen LogP) is -2.11. The van der Waals surface area contributed by atoms with Crippen LogP contribution in [0.5, 0.6) is 0 Å². The Morgan fingerprint density at radius 2 is 1.00 bits per heavy atom. The molecule has 1 radical (unpaired) electrons. The fourth-order valence-corrected chi connectivity index (χ4v) is 0. The van der Waals surface area contributed by atoms with Crippen LogP contribution in [-0.4, -0.2) is 55.1 Å². The molecule has 0 aliphatic heterocycles. The fraction of sp³-hybridized carbons (Fsp3) is 0. The molecule has 0 spiro atoms. The van der Waals surface area contributed by atoms with Crippen LogP contribution in [0.2, 0.25) is 0 Å². The third-order valence-corrected chi connectivity index (χ3v) is 0. The van der Waals surface area contributed by atoms with Gasteiger partial charge in [0.2, 0.25) is 0 Å². The molecular formula is H5AlCaFeV. The van der Waals surface area contributed by atoms with Crippen molar-refractivity contribution in [2.45, 2.75) is 0 Å². The molecule has 0 aromatic heterocycles. The molecule has 0 aromatic carbocycles. The summed E-state index contributed by atoms with van der Waals surface area (Å²) in [4.78, 5) is 0. The number of hydrogen-bond donors (Lipinski definition) is 0. The molecule has 0 rings (SSSR count). The average Bonchev–Trinajstić information content (AvgIpc) is 0. The van der Waals surface area contributed by atoms with Gasteiger partial charge in [-0.3, -0.25) is 0 Å². The molecule has 0 aliphatic carbocycles. The van der Waals surface area contributed by atoms with E-state index in [1.165, 1.54) is 0 Å². The molecule has 23 valence electrons. The first kappa shape index (κ1) is 28.6. The minimum atomic E-state index is 0. The second-order valence-corrected chi connectivity index (χ2v) is 0. The molecule has 0 fully saturated rings. The largest absolute Gasteiger partial charge is 0 e. The van der Waals surface area contributed by atoms with Gasteiger partial charge in [0.25, 0.3) is 0 Å². The van der Waals surface area contributed by atoms with Gasteiger partial charge in [-0.1, -0.05) is 0 Å². The Morgan fingerprint density at radius 3 is 1.00 bits per heavy atom.